The molecule has 6 nitrogen and oxygen atoms in total. The van der Waals surface area contributed by atoms with E-state index in [9.17, 15) is 4.79 Å². The van der Waals surface area contributed by atoms with E-state index in [-0.39, 0.29) is 0 Å². The van der Waals surface area contributed by atoms with Crippen LogP contribution in [-0.4, -0.2) is 39.1 Å². The molecule has 3 aromatic rings. The summed E-state index contributed by atoms with van der Waals surface area (Å²) in [6, 6.07) is 12.2. The van der Waals surface area contributed by atoms with Gasteiger partial charge in [0.2, 0.25) is 0 Å². The lowest BCUT2D eigenvalue weighted by Gasteiger charge is -2.46. The molecular formula is C24H28N4O2. The summed E-state index contributed by atoms with van der Waals surface area (Å²) in [4.78, 5) is 26.1. The molecule has 2 aliphatic rings. The van der Waals surface area contributed by atoms with Gasteiger partial charge in [-0.1, -0.05) is 12.1 Å². The molecule has 0 atom stereocenters. The first kappa shape index (κ1) is 19.1. The Morgan fingerprint density at radius 3 is 2.53 bits per heavy atom. The molecule has 0 radical (unpaired) electrons. The minimum atomic E-state index is -0.650. The topological polar surface area (TPSA) is 82.1 Å². The highest BCUT2D eigenvalue weighted by Crippen LogP contribution is 2.47. The number of carboxylic acid groups (broad SMARTS) is 1. The molecule has 1 saturated heterocycles. The van der Waals surface area contributed by atoms with Crippen LogP contribution in [-0.2, 0) is 4.79 Å². The van der Waals surface area contributed by atoms with Crippen LogP contribution in [0.1, 0.15) is 44.9 Å². The van der Waals surface area contributed by atoms with E-state index in [1.54, 1.807) is 0 Å². The average molecular weight is 405 g/mol. The van der Waals surface area contributed by atoms with Crippen molar-refractivity contribution in [2.75, 3.05) is 18.0 Å². The van der Waals surface area contributed by atoms with Crippen LogP contribution >= 0.6 is 0 Å². The summed E-state index contributed by atoms with van der Waals surface area (Å²) < 4.78 is 0. The number of rotatable bonds is 4. The van der Waals surface area contributed by atoms with E-state index in [0.717, 1.165) is 54.2 Å². The first-order valence-corrected chi connectivity index (χ1v) is 11.0. The fraction of sp³-hybridized carbons (Fsp3) is 0.458. The fourth-order valence-corrected chi connectivity index (χ4v) is 5.25. The van der Waals surface area contributed by atoms with Crippen molar-refractivity contribution in [3.63, 3.8) is 0 Å². The zero-order valence-electron chi connectivity index (χ0n) is 17.2. The van der Waals surface area contributed by atoms with Crippen molar-refractivity contribution < 1.29 is 9.90 Å². The number of aliphatic carboxylic acids is 1. The third-order valence-electron chi connectivity index (χ3n) is 7.19. The number of piperidine rings is 1. The summed E-state index contributed by atoms with van der Waals surface area (Å²) in [5, 5.41) is 9.04. The van der Waals surface area contributed by atoms with E-state index < -0.39 is 5.97 Å². The minimum absolute atomic E-state index is 0.337. The smallest absolute Gasteiger partial charge is 0.303 e. The monoisotopic (exact) mass is 404 g/mol. The van der Waals surface area contributed by atoms with Gasteiger partial charge in [-0.3, -0.25) is 4.79 Å². The van der Waals surface area contributed by atoms with Crippen molar-refractivity contribution in [2.45, 2.75) is 44.9 Å². The number of pyridine rings is 1. The van der Waals surface area contributed by atoms with Crippen LogP contribution in [0.4, 0.5) is 5.82 Å². The SMILES string of the molecule is O=C(O)CC1CCC2(CC1)CCN(c1ccc(-c3nc4ccccc4[nH]3)cn1)CC2. The number of fused-ring (bicyclic) bond motifs is 1. The number of anilines is 1. The molecule has 0 unspecified atom stereocenters. The third kappa shape index (κ3) is 3.78. The second-order valence-corrected chi connectivity index (χ2v) is 9.04. The Morgan fingerprint density at radius 1 is 1.10 bits per heavy atom. The van der Waals surface area contributed by atoms with Gasteiger partial charge in [0, 0.05) is 31.3 Å². The fourth-order valence-electron chi connectivity index (χ4n) is 5.25. The van der Waals surface area contributed by atoms with E-state index in [1.807, 2.05) is 30.5 Å². The number of nitrogens with zero attached hydrogens (tertiary/aromatic N) is 3. The molecule has 3 heterocycles. The first-order valence-electron chi connectivity index (χ1n) is 11.0. The molecule has 6 heteroatoms. The van der Waals surface area contributed by atoms with Crippen LogP contribution in [0.15, 0.2) is 42.6 Å². The Bertz CT molecular complexity index is 992. The number of H-pyrrole nitrogens is 1. The van der Waals surface area contributed by atoms with E-state index in [4.69, 9.17) is 10.1 Å². The van der Waals surface area contributed by atoms with E-state index in [0.29, 0.717) is 17.8 Å². The summed E-state index contributed by atoms with van der Waals surface area (Å²) >= 11 is 0. The van der Waals surface area contributed by atoms with Crippen molar-refractivity contribution in [3.05, 3.63) is 42.6 Å². The van der Waals surface area contributed by atoms with Crippen LogP contribution in [0.2, 0.25) is 0 Å². The summed E-state index contributed by atoms with van der Waals surface area (Å²) in [6.45, 7) is 2.06. The lowest BCUT2D eigenvalue weighted by molar-refractivity contribution is -0.138. The van der Waals surface area contributed by atoms with Crippen LogP contribution < -0.4 is 4.90 Å². The molecular weight excluding hydrogens is 376 g/mol. The molecule has 0 bridgehead atoms. The predicted molar refractivity (Wildman–Crippen MR) is 117 cm³/mol. The van der Waals surface area contributed by atoms with Crippen molar-refractivity contribution in [1.82, 2.24) is 15.0 Å². The molecule has 0 amide bonds. The average Bonchev–Trinajstić information content (AvgIpc) is 3.20. The van der Waals surface area contributed by atoms with Gasteiger partial charge in [-0.2, -0.15) is 0 Å². The normalized spacial score (nSPS) is 19.4. The zero-order chi connectivity index (χ0) is 20.6. The van der Waals surface area contributed by atoms with Crippen LogP contribution in [0.5, 0.6) is 0 Å². The summed E-state index contributed by atoms with van der Waals surface area (Å²) in [5.41, 5.74) is 3.42. The molecule has 1 aliphatic carbocycles. The highest BCUT2D eigenvalue weighted by Gasteiger charge is 2.38. The lowest BCUT2D eigenvalue weighted by Crippen LogP contribution is -2.42. The Hall–Kier alpha value is -2.89. The summed E-state index contributed by atoms with van der Waals surface area (Å²) in [7, 11) is 0. The van der Waals surface area contributed by atoms with Gasteiger partial charge in [0.15, 0.2) is 0 Å². The van der Waals surface area contributed by atoms with Crippen molar-refractivity contribution in [3.8, 4) is 11.4 Å². The number of nitrogens with one attached hydrogen (secondary N) is 1. The molecule has 5 rings (SSSR count). The Balaban J connectivity index is 1.21. The Labute approximate surface area is 176 Å². The molecule has 2 fully saturated rings. The molecule has 1 aromatic carbocycles. The number of para-hydroxylation sites is 2. The van der Waals surface area contributed by atoms with Gasteiger partial charge in [-0.15, -0.1) is 0 Å². The maximum absolute atomic E-state index is 11.0. The minimum Gasteiger partial charge on any atom is -0.481 e. The molecule has 1 spiro atoms. The Kier molecular flexibility index (Phi) is 4.93. The van der Waals surface area contributed by atoms with Gasteiger partial charge in [0.25, 0.3) is 0 Å². The van der Waals surface area contributed by atoms with Crippen LogP contribution in [0, 0.1) is 11.3 Å². The molecule has 1 saturated carbocycles. The predicted octanol–water partition coefficient (Wildman–Crippen LogP) is 4.88. The van der Waals surface area contributed by atoms with E-state index in [1.165, 1.54) is 25.7 Å². The quantitative estimate of drug-likeness (QED) is 0.648. The third-order valence-corrected chi connectivity index (χ3v) is 7.19. The molecule has 156 valence electrons. The largest absolute Gasteiger partial charge is 0.481 e. The number of aromatic nitrogens is 3. The first-order chi connectivity index (χ1) is 14.6. The van der Waals surface area contributed by atoms with Gasteiger partial charge in [0.1, 0.15) is 11.6 Å². The molecule has 30 heavy (non-hydrogen) atoms. The number of imidazole rings is 1. The standard InChI is InChI=1S/C24H28N4O2/c29-22(30)15-17-7-9-24(10-8-17)11-13-28(14-12-24)21-6-5-18(16-25-21)23-26-19-3-1-2-4-20(19)27-23/h1-6,16-17H,7-15H2,(H,26,27)(H,29,30). The summed E-state index contributed by atoms with van der Waals surface area (Å²) in [5.74, 6) is 1.61. The van der Waals surface area contributed by atoms with Gasteiger partial charge in [-0.05, 0) is 74.1 Å². The highest BCUT2D eigenvalue weighted by atomic mass is 16.4. The number of benzene rings is 1. The van der Waals surface area contributed by atoms with Crippen molar-refractivity contribution >= 4 is 22.8 Å². The van der Waals surface area contributed by atoms with Crippen LogP contribution in [0.25, 0.3) is 22.4 Å². The number of carboxylic acids is 1. The maximum atomic E-state index is 11.0. The van der Waals surface area contributed by atoms with Gasteiger partial charge in [-0.25, -0.2) is 9.97 Å². The van der Waals surface area contributed by atoms with Gasteiger partial charge in [0.05, 0.1) is 11.0 Å². The van der Waals surface area contributed by atoms with Gasteiger partial charge >= 0.3 is 5.97 Å². The Morgan fingerprint density at radius 2 is 1.87 bits per heavy atom. The maximum Gasteiger partial charge on any atom is 0.303 e. The molecule has 1 aliphatic heterocycles. The number of hydrogen-bond donors (Lipinski definition) is 2. The molecule has 2 aromatic heterocycles. The lowest BCUT2D eigenvalue weighted by atomic mass is 9.65. The van der Waals surface area contributed by atoms with Crippen molar-refractivity contribution in [1.29, 1.82) is 0 Å². The van der Waals surface area contributed by atoms with Crippen LogP contribution in [0.3, 0.4) is 0 Å². The van der Waals surface area contributed by atoms with E-state index in [2.05, 4.69) is 27.0 Å². The zero-order valence-corrected chi connectivity index (χ0v) is 17.2. The second kappa shape index (κ2) is 7.74. The number of carbonyl (C=O) groups is 1. The number of aromatic amines is 1. The highest BCUT2D eigenvalue weighted by molar-refractivity contribution is 5.79. The second-order valence-electron chi connectivity index (χ2n) is 9.04. The van der Waals surface area contributed by atoms with E-state index >= 15 is 0 Å². The summed E-state index contributed by atoms with van der Waals surface area (Å²) in [6.07, 6.45) is 9.10. The molecule has 2 N–H and O–H groups in total. The van der Waals surface area contributed by atoms with Crippen molar-refractivity contribution in [2.24, 2.45) is 11.3 Å². The number of hydrogen-bond acceptors (Lipinski definition) is 4. The van der Waals surface area contributed by atoms with Gasteiger partial charge < -0.3 is 15.0 Å².